The van der Waals surface area contributed by atoms with Gasteiger partial charge < -0.3 is 29.2 Å². The minimum absolute atomic E-state index is 0.0784. The number of benzene rings is 2. The van der Waals surface area contributed by atoms with Gasteiger partial charge >= 0.3 is 0 Å². The summed E-state index contributed by atoms with van der Waals surface area (Å²) in [4.78, 5) is 0. The zero-order valence-corrected chi connectivity index (χ0v) is 20.7. The summed E-state index contributed by atoms with van der Waals surface area (Å²) in [6.07, 6.45) is -0.642. The van der Waals surface area contributed by atoms with Crippen molar-refractivity contribution in [3.63, 3.8) is 0 Å². The zero-order chi connectivity index (χ0) is 23.7. The fraction of sp³-hybridized carbons (Fsp3) is 0.500. The fourth-order valence-electron chi connectivity index (χ4n) is 3.56. The largest absolute Gasteiger partial charge is 0.493 e. The highest BCUT2D eigenvalue weighted by Gasteiger charge is 2.29. The SMILES string of the molecule is COc1cc([C@H](C)NC[C@H](O)CP(=O)(Cc2ccccc2)OC(C)C)cc(OC)c1OC. The predicted octanol–water partition coefficient (Wildman–Crippen LogP) is 4.63. The molecule has 0 aliphatic rings. The second-order valence-electron chi connectivity index (χ2n) is 8.04. The van der Waals surface area contributed by atoms with Gasteiger partial charge in [0.1, 0.15) is 0 Å². The second kappa shape index (κ2) is 12.3. The number of nitrogens with one attached hydrogen (secondary N) is 1. The first-order valence-corrected chi connectivity index (χ1v) is 12.7. The van der Waals surface area contributed by atoms with Crippen LogP contribution in [-0.2, 0) is 15.3 Å². The Morgan fingerprint density at radius 3 is 2.06 bits per heavy atom. The molecule has 2 rings (SSSR count). The third-order valence-electron chi connectivity index (χ3n) is 5.00. The molecule has 0 bridgehead atoms. The van der Waals surface area contributed by atoms with Crippen LogP contribution in [0.2, 0.25) is 0 Å². The van der Waals surface area contributed by atoms with Gasteiger partial charge in [-0.25, -0.2) is 0 Å². The summed E-state index contributed by atoms with van der Waals surface area (Å²) in [5.74, 6) is 1.65. The Labute approximate surface area is 191 Å². The van der Waals surface area contributed by atoms with Crippen molar-refractivity contribution in [3.05, 3.63) is 53.6 Å². The molecule has 0 radical (unpaired) electrons. The van der Waals surface area contributed by atoms with E-state index in [1.807, 2.05) is 63.2 Å². The van der Waals surface area contributed by atoms with Crippen LogP contribution in [0.4, 0.5) is 0 Å². The van der Waals surface area contributed by atoms with Gasteiger partial charge in [0, 0.05) is 18.7 Å². The molecule has 0 fully saturated rings. The Balaban J connectivity index is 2.06. The molecule has 3 atom stereocenters. The molecular formula is C24H36NO6P. The smallest absolute Gasteiger partial charge is 0.210 e. The van der Waals surface area contributed by atoms with Gasteiger partial charge in [0.25, 0.3) is 0 Å². The first-order chi connectivity index (χ1) is 15.2. The van der Waals surface area contributed by atoms with E-state index in [9.17, 15) is 9.67 Å². The summed E-state index contributed by atoms with van der Waals surface area (Å²) < 4.78 is 35.5. The topological polar surface area (TPSA) is 86.2 Å². The number of hydrogen-bond donors (Lipinski definition) is 2. The van der Waals surface area contributed by atoms with Crippen LogP contribution in [0.1, 0.15) is 37.9 Å². The molecule has 7 nitrogen and oxygen atoms in total. The molecule has 0 aliphatic carbocycles. The van der Waals surface area contributed by atoms with E-state index in [0.717, 1.165) is 11.1 Å². The second-order valence-corrected chi connectivity index (χ2v) is 10.6. The van der Waals surface area contributed by atoms with Crippen molar-refractivity contribution in [3.8, 4) is 17.2 Å². The lowest BCUT2D eigenvalue weighted by Crippen LogP contribution is -2.32. The molecule has 8 heteroatoms. The van der Waals surface area contributed by atoms with E-state index in [1.165, 1.54) is 0 Å². The van der Waals surface area contributed by atoms with Gasteiger partial charge in [-0.3, -0.25) is 4.57 Å². The maximum Gasteiger partial charge on any atom is 0.210 e. The minimum atomic E-state index is -3.07. The van der Waals surface area contributed by atoms with Crippen LogP contribution < -0.4 is 19.5 Å². The Kier molecular flexibility index (Phi) is 10.0. The molecule has 0 saturated carbocycles. The lowest BCUT2D eigenvalue weighted by atomic mass is 10.1. The molecule has 32 heavy (non-hydrogen) atoms. The molecule has 0 amide bonds. The molecule has 1 unspecified atom stereocenters. The number of aliphatic hydroxyl groups excluding tert-OH is 1. The van der Waals surface area contributed by atoms with E-state index in [1.54, 1.807) is 21.3 Å². The van der Waals surface area contributed by atoms with Crippen molar-refractivity contribution in [1.82, 2.24) is 5.32 Å². The average Bonchev–Trinajstić information content (AvgIpc) is 2.76. The van der Waals surface area contributed by atoms with Crippen LogP contribution in [0.3, 0.4) is 0 Å². The highest BCUT2D eigenvalue weighted by molar-refractivity contribution is 7.58. The van der Waals surface area contributed by atoms with Crippen molar-refractivity contribution in [2.75, 3.05) is 34.0 Å². The summed E-state index contributed by atoms with van der Waals surface area (Å²) in [6, 6.07) is 13.2. The third kappa shape index (κ3) is 7.52. The monoisotopic (exact) mass is 465 g/mol. The molecule has 178 valence electrons. The lowest BCUT2D eigenvalue weighted by Gasteiger charge is -2.25. The van der Waals surface area contributed by atoms with Crippen LogP contribution in [0.15, 0.2) is 42.5 Å². The molecule has 2 aromatic rings. The van der Waals surface area contributed by atoms with E-state index >= 15 is 0 Å². The third-order valence-corrected chi connectivity index (χ3v) is 7.64. The van der Waals surface area contributed by atoms with Gasteiger partial charge in [0.2, 0.25) is 13.1 Å². The van der Waals surface area contributed by atoms with Gasteiger partial charge in [-0.1, -0.05) is 30.3 Å². The number of methoxy groups -OCH3 is 3. The minimum Gasteiger partial charge on any atom is -0.493 e. The molecule has 2 N–H and O–H groups in total. The van der Waals surface area contributed by atoms with Gasteiger partial charge in [0.05, 0.1) is 39.7 Å². The molecule has 2 aromatic carbocycles. The number of rotatable bonds is 13. The highest BCUT2D eigenvalue weighted by Crippen LogP contribution is 2.51. The van der Waals surface area contributed by atoms with Crippen molar-refractivity contribution < 1.29 is 28.4 Å². The van der Waals surface area contributed by atoms with Crippen LogP contribution in [-0.4, -0.2) is 51.4 Å². The quantitative estimate of drug-likeness (QED) is 0.417. The first kappa shape index (κ1) is 26.2. The summed E-state index contributed by atoms with van der Waals surface area (Å²) in [5.41, 5.74) is 1.85. The summed E-state index contributed by atoms with van der Waals surface area (Å²) >= 11 is 0. The predicted molar refractivity (Wildman–Crippen MR) is 127 cm³/mol. The van der Waals surface area contributed by atoms with E-state index in [2.05, 4.69) is 5.32 Å². The number of hydrogen-bond acceptors (Lipinski definition) is 7. The van der Waals surface area contributed by atoms with Crippen LogP contribution in [0, 0.1) is 0 Å². The highest BCUT2D eigenvalue weighted by atomic mass is 31.2. The lowest BCUT2D eigenvalue weighted by molar-refractivity contribution is 0.177. The van der Waals surface area contributed by atoms with E-state index in [4.69, 9.17) is 18.7 Å². The Bertz CT molecular complexity index is 864. The molecule has 0 saturated heterocycles. The first-order valence-electron chi connectivity index (χ1n) is 10.7. The van der Waals surface area contributed by atoms with Gasteiger partial charge in [0.15, 0.2) is 11.5 Å². The Hall–Kier alpha value is -2.05. The van der Waals surface area contributed by atoms with Crippen molar-refractivity contribution in [2.24, 2.45) is 0 Å². The number of ether oxygens (including phenoxy) is 3. The number of aliphatic hydroxyl groups is 1. The molecular weight excluding hydrogens is 429 g/mol. The van der Waals surface area contributed by atoms with Crippen LogP contribution in [0.25, 0.3) is 0 Å². The summed E-state index contributed by atoms with van der Waals surface area (Å²) in [7, 11) is 1.64. The molecule has 0 aliphatic heterocycles. The average molecular weight is 466 g/mol. The molecule has 0 spiro atoms. The Morgan fingerprint density at radius 2 is 1.56 bits per heavy atom. The van der Waals surface area contributed by atoms with Crippen LogP contribution >= 0.6 is 7.37 Å². The standard InChI is InChI=1S/C24H36NO6P/c1-17(2)31-32(27,15-19-10-8-7-9-11-19)16-21(26)14-25-18(3)20-12-22(28-4)24(30-6)23(13-20)29-5/h7-13,17-18,21,25-26H,14-16H2,1-6H3/t18-,21-,32?/m0/s1. The summed E-state index contributed by atoms with van der Waals surface area (Å²) in [5, 5.41) is 14.0. The van der Waals surface area contributed by atoms with Crippen LogP contribution in [0.5, 0.6) is 17.2 Å². The van der Waals surface area contributed by atoms with E-state index in [0.29, 0.717) is 23.4 Å². The maximum atomic E-state index is 13.5. The Morgan fingerprint density at radius 1 is 0.969 bits per heavy atom. The molecule has 0 aromatic heterocycles. The van der Waals surface area contributed by atoms with Crippen molar-refractivity contribution in [2.45, 2.75) is 45.2 Å². The fourth-order valence-corrected chi connectivity index (χ4v) is 6.15. The van der Waals surface area contributed by atoms with E-state index < -0.39 is 13.5 Å². The molecule has 0 heterocycles. The summed E-state index contributed by atoms with van der Waals surface area (Å²) in [6.45, 7) is 5.95. The maximum absolute atomic E-state index is 13.5. The van der Waals surface area contributed by atoms with Gasteiger partial charge in [-0.15, -0.1) is 0 Å². The zero-order valence-electron chi connectivity index (χ0n) is 19.8. The van der Waals surface area contributed by atoms with Crippen molar-refractivity contribution in [1.29, 1.82) is 0 Å². The van der Waals surface area contributed by atoms with Gasteiger partial charge in [-0.05, 0) is 44.0 Å². The van der Waals surface area contributed by atoms with Crippen molar-refractivity contribution >= 4 is 7.37 Å². The van der Waals surface area contributed by atoms with Gasteiger partial charge in [-0.2, -0.15) is 0 Å². The normalized spacial score (nSPS) is 15.1. The van der Waals surface area contributed by atoms with E-state index in [-0.39, 0.29) is 24.9 Å².